The molecule has 1 unspecified atom stereocenters. The molecule has 11 nitrogen and oxygen atoms in total. The minimum absolute atomic E-state index is 0.0178. The first-order chi connectivity index (χ1) is 20.0. The molecule has 4 saturated carbocycles. The quantitative estimate of drug-likeness (QED) is 0.176. The average molecular weight is 639 g/mol. The topological polar surface area (TPSA) is 173 Å². The van der Waals surface area contributed by atoms with Crippen LogP contribution in [0.1, 0.15) is 55.3 Å². The van der Waals surface area contributed by atoms with Crippen LogP contribution in [0, 0.1) is 23.7 Å². The molecule has 4 aliphatic carbocycles. The van der Waals surface area contributed by atoms with E-state index < -0.39 is 47.8 Å². The lowest BCUT2D eigenvalue weighted by molar-refractivity contribution is -0.136. The summed E-state index contributed by atoms with van der Waals surface area (Å²) in [6.07, 6.45) is 5.98. The van der Waals surface area contributed by atoms with Crippen LogP contribution in [0.3, 0.4) is 0 Å². The summed E-state index contributed by atoms with van der Waals surface area (Å²) in [6, 6.07) is 3.21. The predicted octanol–water partition coefficient (Wildman–Crippen LogP) is 2.52. The number of primary amides is 1. The highest BCUT2D eigenvalue weighted by Crippen LogP contribution is 2.53. The van der Waals surface area contributed by atoms with Gasteiger partial charge >= 0.3 is 0 Å². The van der Waals surface area contributed by atoms with Crippen LogP contribution in [0.15, 0.2) is 29.2 Å². The molecule has 6 rings (SSSR count). The predicted molar refractivity (Wildman–Crippen MR) is 158 cm³/mol. The van der Waals surface area contributed by atoms with Crippen molar-refractivity contribution in [3.05, 3.63) is 49.0 Å². The maximum Gasteiger partial charge on any atom is 0.284 e. The van der Waals surface area contributed by atoms with Gasteiger partial charge < -0.3 is 26.0 Å². The Balaban J connectivity index is 1.25. The molecule has 226 valence electrons. The lowest BCUT2D eigenvalue weighted by Gasteiger charge is -2.55. The number of carbonyl (C=O) groups is 4. The number of aliphatic hydroxyl groups excluding tert-OH is 1. The number of hydrogen-bond donors (Lipinski definition) is 5. The standard InChI is InChI=1S/C28H33Cl2N5O6S/c29-21-11-17(24(30)42-21)26(39)32-18(3-4-20(36)25(31)38)27(40)33-19-2-1-5-35(28(19)41)12-22(37)34-23-15-7-13-6-14(9-15)10-16(23)8-13/h1-2,5,11,13-16,18,22-23,34,37H,3-4,6-10,12H2,(H2,31,38)(H,32,39)(H,33,40)/t13?,14?,15?,16?,18-,22?,23?/m0/s1. The molecule has 42 heavy (non-hydrogen) atoms. The molecule has 2 aromatic heterocycles. The zero-order valence-corrected chi connectivity index (χ0v) is 25.0. The molecule has 0 aromatic carbocycles. The summed E-state index contributed by atoms with van der Waals surface area (Å²) in [5.41, 5.74) is 4.43. The van der Waals surface area contributed by atoms with Gasteiger partial charge in [-0.25, -0.2) is 0 Å². The minimum Gasteiger partial charge on any atom is -0.377 e. The van der Waals surface area contributed by atoms with Crippen molar-refractivity contribution >= 4 is 63.7 Å². The molecule has 0 radical (unpaired) electrons. The Morgan fingerprint density at radius 1 is 1.10 bits per heavy atom. The first-order valence-corrected chi connectivity index (χ1v) is 15.6. The Bertz CT molecular complexity index is 1420. The number of ketones is 1. The number of thiophene rings is 1. The fourth-order valence-electron chi connectivity index (χ4n) is 7.05. The molecule has 4 bridgehead atoms. The van der Waals surface area contributed by atoms with E-state index in [1.807, 2.05) is 0 Å². The Morgan fingerprint density at radius 2 is 1.76 bits per heavy atom. The van der Waals surface area contributed by atoms with Crippen molar-refractivity contribution in [1.82, 2.24) is 15.2 Å². The first-order valence-electron chi connectivity index (χ1n) is 14.0. The molecular formula is C28H33Cl2N5O6S. The molecule has 4 aliphatic rings. The van der Waals surface area contributed by atoms with Crippen molar-refractivity contribution < 1.29 is 24.3 Å². The van der Waals surface area contributed by atoms with Crippen molar-refractivity contribution in [3.8, 4) is 0 Å². The lowest BCUT2D eigenvalue weighted by Crippen LogP contribution is -2.57. The van der Waals surface area contributed by atoms with E-state index in [2.05, 4.69) is 16.0 Å². The Labute approximate surface area is 256 Å². The SMILES string of the molecule is NC(=O)C(=O)CC[C@H](NC(=O)c1cc(Cl)sc1Cl)C(=O)Nc1cccn(CC(O)NC2C3CC4CC(C3)CC2C4)c1=O. The molecule has 2 aromatic rings. The van der Waals surface area contributed by atoms with Crippen molar-refractivity contribution in [3.63, 3.8) is 0 Å². The number of halogens is 2. The van der Waals surface area contributed by atoms with E-state index in [9.17, 15) is 29.1 Å². The van der Waals surface area contributed by atoms with E-state index in [1.54, 1.807) is 6.07 Å². The minimum atomic E-state index is -1.31. The van der Waals surface area contributed by atoms with Gasteiger partial charge in [-0.1, -0.05) is 23.2 Å². The Hall–Kier alpha value is -2.77. The van der Waals surface area contributed by atoms with E-state index in [4.69, 9.17) is 28.9 Å². The fraction of sp³-hybridized carbons (Fsp3) is 0.536. The van der Waals surface area contributed by atoms with Gasteiger partial charge in [-0.3, -0.25) is 29.3 Å². The van der Waals surface area contributed by atoms with Gasteiger partial charge in [-0.05, 0) is 80.4 Å². The van der Waals surface area contributed by atoms with Gasteiger partial charge in [-0.15, -0.1) is 11.3 Å². The molecule has 0 spiro atoms. The van der Waals surface area contributed by atoms with Crippen LogP contribution in [0.2, 0.25) is 8.67 Å². The van der Waals surface area contributed by atoms with Gasteiger partial charge in [-0.2, -0.15) is 0 Å². The van der Waals surface area contributed by atoms with E-state index in [-0.39, 0.29) is 38.9 Å². The van der Waals surface area contributed by atoms with E-state index in [0.29, 0.717) is 11.8 Å². The fourth-order valence-corrected chi connectivity index (χ4v) is 8.51. The third kappa shape index (κ3) is 6.89. The highest BCUT2D eigenvalue weighted by Gasteiger charge is 2.48. The number of anilines is 1. The third-order valence-electron chi connectivity index (χ3n) is 8.72. The van der Waals surface area contributed by atoms with Gasteiger partial charge in [0.05, 0.1) is 16.4 Å². The smallest absolute Gasteiger partial charge is 0.284 e. The number of aromatic nitrogens is 1. The van der Waals surface area contributed by atoms with Crippen LogP contribution >= 0.6 is 34.5 Å². The summed E-state index contributed by atoms with van der Waals surface area (Å²) in [5, 5.41) is 19.2. The van der Waals surface area contributed by atoms with Gasteiger partial charge in [0.25, 0.3) is 17.4 Å². The zero-order chi connectivity index (χ0) is 30.1. The number of aliphatic hydroxyl groups is 1. The molecule has 6 N–H and O–H groups in total. The van der Waals surface area contributed by atoms with Crippen LogP contribution in [0.5, 0.6) is 0 Å². The largest absolute Gasteiger partial charge is 0.377 e. The van der Waals surface area contributed by atoms with Crippen molar-refractivity contribution in [1.29, 1.82) is 0 Å². The highest BCUT2D eigenvalue weighted by atomic mass is 35.5. The number of nitrogens with zero attached hydrogens (tertiary/aromatic N) is 1. The summed E-state index contributed by atoms with van der Waals surface area (Å²) in [6.45, 7) is -0.0178. The van der Waals surface area contributed by atoms with Crippen LogP contribution in [-0.4, -0.2) is 51.5 Å². The van der Waals surface area contributed by atoms with Crippen molar-refractivity contribution in [2.45, 2.75) is 69.8 Å². The second kappa shape index (κ2) is 12.8. The normalized spacial score (nSPS) is 25.5. The average Bonchev–Trinajstić information content (AvgIpc) is 3.27. The molecule has 14 heteroatoms. The van der Waals surface area contributed by atoms with E-state index in [1.165, 1.54) is 55.0 Å². The van der Waals surface area contributed by atoms with E-state index >= 15 is 0 Å². The zero-order valence-electron chi connectivity index (χ0n) is 22.7. The first kappa shape index (κ1) is 30.7. The molecule has 2 atom stereocenters. The van der Waals surface area contributed by atoms with Crippen molar-refractivity contribution in [2.75, 3.05) is 5.32 Å². The van der Waals surface area contributed by atoms with Crippen LogP contribution in [0.25, 0.3) is 0 Å². The number of nitrogens with two attached hydrogens (primary N) is 1. The third-order valence-corrected chi connectivity index (χ3v) is 10.2. The summed E-state index contributed by atoms with van der Waals surface area (Å²) >= 11 is 13.0. The van der Waals surface area contributed by atoms with Gasteiger partial charge in [0.2, 0.25) is 11.7 Å². The summed E-state index contributed by atoms with van der Waals surface area (Å²) in [5.74, 6) is -0.902. The lowest BCUT2D eigenvalue weighted by atomic mass is 9.54. The van der Waals surface area contributed by atoms with Crippen LogP contribution < -0.4 is 27.2 Å². The second-order valence-electron chi connectivity index (χ2n) is 11.6. The molecule has 0 saturated heterocycles. The molecule has 4 fully saturated rings. The number of amides is 3. The number of rotatable bonds is 12. The highest BCUT2D eigenvalue weighted by molar-refractivity contribution is 7.20. The maximum absolute atomic E-state index is 13.2. The summed E-state index contributed by atoms with van der Waals surface area (Å²) in [7, 11) is 0. The second-order valence-corrected chi connectivity index (χ2v) is 13.9. The number of carbonyl (C=O) groups excluding carboxylic acids is 4. The number of Topliss-reactive ketones (excluding diaryl/α,β-unsaturated/α-hetero) is 1. The molecule has 0 aliphatic heterocycles. The Kier molecular flexibility index (Phi) is 9.38. The van der Waals surface area contributed by atoms with Gasteiger partial charge in [0, 0.05) is 18.7 Å². The van der Waals surface area contributed by atoms with Gasteiger partial charge in [0.15, 0.2) is 0 Å². The number of pyridine rings is 1. The van der Waals surface area contributed by atoms with Crippen molar-refractivity contribution in [2.24, 2.45) is 29.4 Å². The summed E-state index contributed by atoms with van der Waals surface area (Å²) < 4.78 is 1.68. The molecular weight excluding hydrogens is 605 g/mol. The molecule has 2 heterocycles. The van der Waals surface area contributed by atoms with E-state index in [0.717, 1.165) is 23.2 Å². The Morgan fingerprint density at radius 3 is 2.36 bits per heavy atom. The summed E-state index contributed by atoms with van der Waals surface area (Å²) in [4.78, 5) is 62.3. The monoisotopic (exact) mass is 637 g/mol. The number of hydrogen-bond acceptors (Lipinski definition) is 8. The number of nitrogens with one attached hydrogen (secondary N) is 3. The molecule has 3 amide bonds. The maximum atomic E-state index is 13.2. The van der Waals surface area contributed by atoms with Gasteiger partial charge in [0.1, 0.15) is 22.3 Å². The van der Waals surface area contributed by atoms with Crippen LogP contribution in [0.4, 0.5) is 5.69 Å². The van der Waals surface area contributed by atoms with Crippen LogP contribution in [-0.2, 0) is 20.9 Å².